The summed E-state index contributed by atoms with van der Waals surface area (Å²) < 4.78 is 5.27. The number of furan rings is 1. The van der Waals surface area contributed by atoms with Crippen LogP contribution in [0.2, 0.25) is 0 Å². The van der Waals surface area contributed by atoms with Crippen LogP contribution in [0.5, 0.6) is 0 Å². The van der Waals surface area contributed by atoms with Gasteiger partial charge in [0.1, 0.15) is 5.76 Å². The molecular formula is C15H22N2O2. The minimum absolute atomic E-state index is 0.160. The minimum Gasteiger partial charge on any atom is -0.469 e. The van der Waals surface area contributed by atoms with Crippen LogP contribution >= 0.6 is 0 Å². The number of nitrogens with one attached hydrogen (secondary N) is 1. The molecule has 0 spiro atoms. The Bertz CT molecular complexity index is 445. The lowest BCUT2D eigenvalue weighted by Crippen LogP contribution is -2.40. The molecule has 0 radical (unpaired) electrons. The highest BCUT2D eigenvalue weighted by Gasteiger charge is 2.35. The van der Waals surface area contributed by atoms with Crippen LogP contribution in [0.4, 0.5) is 0 Å². The summed E-state index contributed by atoms with van der Waals surface area (Å²) in [6.07, 6.45) is 6.29. The Morgan fingerprint density at radius 1 is 1.37 bits per heavy atom. The first-order valence-corrected chi connectivity index (χ1v) is 7.31. The summed E-state index contributed by atoms with van der Waals surface area (Å²) in [5, 5.41) is 3.38. The number of nitrogens with zero attached hydrogens (tertiary/aromatic N) is 1. The standard InChI is InChI=1S/C15H22N2O2/c1-11-14(6-9-19-11)15(18)17(13-2-3-13)10-12-4-7-16-8-5-12/h6,9,12-13,16H,2-5,7-8,10H2,1H3. The third-order valence-electron chi connectivity index (χ3n) is 4.25. The summed E-state index contributed by atoms with van der Waals surface area (Å²) in [6.45, 7) is 4.95. The number of amides is 1. The lowest BCUT2D eigenvalue weighted by molar-refractivity contribution is 0.0700. The fraction of sp³-hybridized carbons (Fsp3) is 0.667. The highest BCUT2D eigenvalue weighted by Crippen LogP contribution is 2.31. The molecule has 1 saturated carbocycles. The summed E-state index contributed by atoms with van der Waals surface area (Å²) >= 11 is 0. The van der Waals surface area contributed by atoms with E-state index in [1.165, 1.54) is 12.8 Å². The van der Waals surface area contributed by atoms with E-state index in [4.69, 9.17) is 4.42 Å². The van der Waals surface area contributed by atoms with Gasteiger partial charge < -0.3 is 14.6 Å². The Kier molecular flexibility index (Phi) is 3.60. The molecule has 2 heterocycles. The molecular weight excluding hydrogens is 240 g/mol. The Labute approximate surface area is 114 Å². The molecule has 1 aromatic heterocycles. The van der Waals surface area contributed by atoms with E-state index >= 15 is 0 Å². The summed E-state index contributed by atoms with van der Waals surface area (Å²) in [5.41, 5.74) is 0.737. The van der Waals surface area contributed by atoms with Crippen LogP contribution in [-0.2, 0) is 0 Å². The summed E-state index contributed by atoms with van der Waals surface area (Å²) in [6, 6.07) is 2.27. The van der Waals surface area contributed by atoms with Crippen molar-refractivity contribution in [3.05, 3.63) is 23.7 Å². The molecule has 0 aromatic carbocycles. The summed E-state index contributed by atoms with van der Waals surface area (Å²) in [5.74, 6) is 1.55. The zero-order valence-corrected chi connectivity index (χ0v) is 11.5. The molecule has 4 heteroatoms. The molecule has 0 unspecified atom stereocenters. The van der Waals surface area contributed by atoms with E-state index in [-0.39, 0.29) is 5.91 Å². The molecule has 1 aliphatic carbocycles. The number of carbonyl (C=O) groups is 1. The van der Waals surface area contributed by atoms with E-state index < -0.39 is 0 Å². The van der Waals surface area contributed by atoms with Gasteiger partial charge in [-0.3, -0.25) is 4.79 Å². The maximum absolute atomic E-state index is 12.6. The van der Waals surface area contributed by atoms with Crippen molar-refractivity contribution in [2.24, 2.45) is 5.92 Å². The van der Waals surface area contributed by atoms with Crippen molar-refractivity contribution in [1.29, 1.82) is 0 Å². The Morgan fingerprint density at radius 2 is 2.11 bits per heavy atom. The van der Waals surface area contributed by atoms with Gasteiger partial charge in [-0.05, 0) is 57.7 Å². The zero-order chi connectivity index (χ0) is 13.2. The molecule has 1 aromatic rings. The molecule has 3 rings (SSSR count). The van der Waals surface area contributed by atoms with Gasteiger partial charge in [0.25, 0.3) is 5.91 Å². The van der Waals surface area contributed by atoms with E-state index in [9.17, 15) is 4.79 Å². The van der Waals surface area contributed by atoms with Crippen LogP contribution in [-0.4, -0.2) is 36.5 Å². The summed E-state index contributed by atoms with van der Waals surface area (Å²) in [4.78, 5) is 14.7. The van der Waals surface area contributed by atoms with E-state index in [0.717, 1.165) is 43.8 Å². The molecule has 2 fully saturated rings. The average Bonchev–Trinajstić information content (AvgIpc) is 3.18. The lowest BCUT2D eigenvalue weighted by Gasteiger charge is -2.30. The van der Waals surface area contributed by atoms with Crippen molar-refractivity contribution < 1.29 is 9.21 Å². The van der Waals surface area contributed by atoms with E-state index in [1.807, 2.05) is 6.92 Å². The zero-order valence-electron chi connectivity index (χ0n) is 11.5. The first-order chi connectivity index (χ1) is 9.25. The van der Waals surface area contributed by atoms with Gasteiger partial charge in [0.15, 0.2) is 0 Å². The molecule has 1 amide bonds. The second-order valence-corrected chi connectivity index (χ2v) is 5.77. The molecule has 1 N–H and O–H groups in total. The van der Waals surface area contributed by atoms with Gasteiger partial charge in [0.05, 0.1) is 11.8 Å². The summed E-state index contributed by atoms with van der Waals surface area (Å²) in [7, 11) is 0. The van der Waals surface area contributed by atoms with Crippen molar-refractivity contribution >= 4 is 5.91 Å². The number of hydrogen-bond donors (Lipinski definition) is 1. The van der Waals surface area contributed by atoms with Crippen LogP contribution in [0.1, 0.15) is 41.8 Å². The first-order valence-electron chi connectivity index (χ1n) is 7.31. The van der Waals surface area contributed by atoms with Crippen LogP contribution in [0.3, 0.4) is 0 Å². The third kappa shape index (κ3) is 2.84. The lowest BCUT2D eigenvalue weighted by atomic mass is 9.97. The molecule has 1 aliphatic heterocycles. The molecule has 1 saturated heterocycles. The second-order valence-electron chi connectivity index (χ2n) is 5.77. The van der Waals surface area contributed by atoms with Crippen molar-refractivity contribution in [3.8, 4) is 0 Å². The van der Waals surface area contributed by atoms with Gasteiger partial charge in [-0.2, -0.15) is 0 Å². The topological polar surface area (TPSA) is 45.5 Å². The third-order valence-corrected chi connectivity index (χ3v) is 4.25. The Morgan fingerprint density at radius 3 is 2.68 bits per heavy atom. The maximum Gasteiger partial charge on any atom is 0.257 e. The monoisotopic (exact) mass is 262 g/mol. The van der Waals surface area contributed by atoms with Crippen molar-refractivity contribution in [2.75, 3.05) is 19.6 Å². The molecule has 4 nitrogen and oxygen atoms in total. The Balaban J connectivity index is 1.70. The average molecular weight is 262 g/mol. The first kappa shape index (κ1) is 12.7. The number of rotatable bonds is 4. The predicted octanol–water partition coefficient (Wildman–Crippen LogP) is 2.19. The van der Waals surface area contributed by atoms with Gasteiger partial charge in [-0.1, -0.05) is 0 Å². The normalized spacial score (nSPS) is 20.5. The number of aryl methyl sites for hydroxylation is 1. The SMILES string of the molecule is Cc1occc1C(=O)N(CC1CCNCC1)C1CC1. The Hall–Kier alpha value is -1.29. The van der Waals surface area contributed by atoms with Crippen LogP contribution in [0, 0.1) is 12.8 Å². The van der Waals surface area contributed by atoms with Gasteiger partial charge in [0.2, 0.25) is 0 Å². The van der Waals surface area contributed by atoms with Crippen molar-refractivity contribution in [2.45, 2.75) is 38.6 Å². The van der Waals surface area contributed by atoms with Crippen molar-refractivity contribution in [3.63, 3.8) is 0 Å². The van der Waals surface area contributed by atoms with Crippen LogP contribution < -0.4 is 5.32 Å². The molecule has 2 aliphatic rings. The maximum atomic E-state index is 12.6. The molecule has 0 bridgehead atoms. The fourth-order valence-corrected chi connectivity index (χ4v) is 2.89. The number of hydrogen-bond acceptors (Lipinski definition) is 3. The highest BCUT2D eigenvalue weighted by molar-refractivity contribution is 5.95. The number of carbonyl (C=O) groups excluding carboxylic acids is 1. The minimum atomic E-state index is 0.160. The number of piperidine rings is 1. The van der Waals surface area contributed by atoms with Crippen molar-refractivity contribution in [1.82, 2.24) is 10.2 Å². The largest absolute Gasteiger partial charge is 0.469 e. The second kappa shape index (κ2) is 5.37. The van der Waals surface area contributed by atoms with Gasteiger partial charge in [-0.15, -0.1) is 0 Å². The smallest absolute Gasteiger partial charge is 0.257 e. The van der Waals surface area contributed by atoms with Crippen LogP contribution in [0.25, 0.3) is 0 Å². The van der Waals surface area contributed by atoms with Crippen LogP contribution in [0.15, 0.2) is 16.7 Å². The quantitative estimate of drug-likeness (QED) is 0.904. The van der Waals surface area contributed by atoms with Gasteiger partial charge >= 0.3 is 0 Å². The fourth-order valence-electron chi connectivity index (χ4n) is 2.89. The molecule has 19 heavy (non-hydrogen) atoms. The predicted molar refractivity (Wildman–Crippen MR) is 73.1 cm³/mol. The highest BCUT2D eigenvalue weighted by atomic mass is 16.3. The van der Waals surface area contributed by atoms with E-state index in [0.29, 0.717) is 12.0 Å². The van der Waals surface area contributed by atoms with Gasteiger partial charge in [0, 0.05) is 12.6 Å². The molecule has 0 atom stereocenters. The molecule has 104 valence electrons. The van der Waals surface area contributed by atoms with Gasteiger partial charge in [-0.25, -0.2) is 0 Å². The van der Waals surface area contributed by atoms with E-state index in [2.05, 4.69) is 10.2 Å². The van der Waals surface area contributed by atoms with E-state index in [1.54, 1.807) is 12.3 Å².